The van der Waals surface area contributed by atoms with Crippen molar-refractivity contribution in [2.24, 2.45) is 11.8 Å². The van der Waals surface area contributed by atoms with Gasteiger partial charge in [-0.1, -0.05) is 26.0 Å². The molecule has 0 unspecified atom stereocenters. The lowest BCUT2D eigenvalue weighted by Crippen LogP contribution is -2.17. The van der Waals surface area contributed by atoms with Crippen molar-refractivity contribution in [3.05, 3.63) is 12.2 Å². The van der Waals surface area contributed by atoms with Crippen LogP contribution in [0.5, 0.6) is 0 Å². The van der Waals surface area contributed by atoms with Gasteiger partial charge in [-0.2, -0.15) is 0 Å². The highest BCUT2D eigenvalue weighted by molar-refractivity contribution is 5.12. The minimum absolute atomic E-state index is 0.483. The van der Waals surface area contributed by atoms with Gasteiger partial charge in [-0.05, 0) is 11.8 Å². The second-order valence-corrected chi connectivity index (χ2v) is 3.17. The molecule has 1 heteroatoms. The van der Waals surface area contributed by atoms with Gasteiger partial charge in [0.15, 0.2) is 0 Å². The van der Waals surface area contributed by atoms with Crippen LogP contribution < -0.4 is 0 Å². The highest BCUT2D eigenvalue weighted by atomic mass is 16.6. The van der Waals surface area contributed by atoms with Gasteiger partial charge in [-0.3, -0.25) is 0 Å². The van der Waals surface area contributed by atoms with Crippen LogP contribution in [0.1, 0.15) is 13.8 Å². The van der Waals surface area contributed by atoms with Crippen LogP contribution in [0.2, 0.25) is 0 Å². The molecule has 1 nitrogen and oxygen atoms in total. The Bertz CT molecular complexity index is 151. The zero-order valence-corrected chi connectivity index (χ0v) is 5.87. The van der Waals surface area contributed by atoms with Crippen LogP contribution in [0.3, 0.4) is 0 Å². The SMILES string of the molecule is C[C@@H]1[C@H]2O[C@H]2C=C[C@@H]1C. The normalized spacial score (nSPS) is 54.9. The molecular weight excluding hydrogens is 112 g/mol. The zero-order chi connectivity index (χ0) is 6.43. The van der Waals surface area contributed by atoms with Crippen molar-refractivity contribution in [1.29, 1.82) is 0 Å². The van der Waals surface area contributed by atoms with E-state index in [0.29, 0.717) is 18.1 Å². The minimum Gasteiger partial charge on any atom is -0.365 e. The summed E-state index contributed by atoms with van der Waals surface area (Å²) < 4.78 is 5.37. The smallest absolute Gasteiger partial charge is 0.103 e. The highest BCUT2D eigenvalue weighted by Crippen LogP contribution is 2.38. The Balaban J connectivity index is 2.16. The van der Waals surface area contributed by atoms with Crippen LogP contribution in [0.4, 0.5) is 0 Å². The van der Waals surface area contributed by atoms with Crippen LogP contribution >= 0.6 is 0 Å². The monoisotopic (exact) mass is 124 g/mol. The third kappa shape index (κ3) is 0.715. The van der Waals surface area contributed by atoms with E-state index in [1.54, 1.807) is 0 Å². The Kier molecular flexibility index (Phi) is 0.974. The molecule has 0 aromatic carbocycles. The molecule has 2 rings (SSSR count). The highest BCUT2D eigenvalue weighted by Gasteiger charge is 2.44. The summed E-state index contributed by atoms with van der Waals surface area (Å²) >= 11 is 0. The molecule has 0 radical (unpaired) electrons. The Morgan fingerprint density at radius 3 is 2.67 bits per heavy atom. The van der Waals surface area contributed by atoms with Gasteiger partial charge in [0, 0.05) is 0 Å². The maximum Gasteiger partial charge on any atom is 0.103 e. The molecular formula is C8H12O. The van der Waals surface area contributed by atoms with Gasteiger partial charge in [-0.15, -0.1) is 0 Å². The van der Waals surface area contributed by atoms with Crippen molar-refractivity contribution in [2.45, 2.75) is 26.1 Å². The average Bonchev–Trinajstić information content (AvgIpc) is 2.58. The molecule has 0 amide bonds. The summed E-state index contributed by atoms with van der Waals surface area (Å²) in [5, 5.41) is 0. The van der Waals surface area contributed by atoms with Crippen molar-refractivity contribution in [1.82, 2.24) is 0 Å². The summed E-state index contributed by atoms with van der Waals surface area (Å²) in [7, 11) is 0. The lowest BCUT2D eigenvalue weighted by Gasteiger charge is -2.15. The van der Waals surface area contributed by atoms with Crippen LogP contribution in [0.25, 0.3) is 0 Å². The predicted molar refractivity (Wildman–Crippen MR) is 36.1 cm³/mol. The molecule has 4 atom stereocenters. The molecule has 9 heavy (non-hydrogen) atoms. The molecule has 0 bridgehead atoms. The Morgan fingerprint density at radius 1 is 1.22 bits per heavy atom. The molecule has 1 fully saturated rings. The van der Waals surface area contributed by atoms with Gasteiger partial charge in [0.05, 0.1) is 6.10 Å². The van der Waals surface area contributed by atoms with Crippen molar-refractivity contribution in [2.75, 3.05) is 0 Å². The first kappa shape index (κ1) is 5.48. The molecule has 1 aliphatic carbocycles. The fourth-order valence-corrected chi connectivity index (χ4v) is 1.47. The molecule has 1 saturated heterocycles. The van der Waals surface area contributed by atoms with E-state index in [4.69, 9.17) is 4.74 Å². The first-order valence-electron chi connectivity index (χ1n) is 3.63. The number of hydrogen-bond donors (Lipinski definition) is 0. The van der Waals surface area contributed by atoms with Gasteiger partial charge in [0.25, 0.3) is 0 Å². The lowest BCUT2D eigenvalue weighted by molar-refractivity contribution is 0.307. The molecule has 0 aromatic heterocycles. The average molecular weight is 124 g/mol. The molecule has 0 saturated carbocycles. The summed E-state index contributed by atoms with van der Waals surface area (Å²) in [5.74, 6) is 1.45. The van der Waals surface area contributed by atoms with Crippen molar-refractivity contribution in [3.8, 4) is 0 Å². The number of hydrogen-bond acceptors (Lipinski definition) is 1. The summed E-state index contributed by atoms with van der Waals surface area (Å²) in [4.78, 5) is 0. The van der Waals surface area contributed by atoms with E-state index in [1.807, 2.05) is 0 Å². The molecule has 1 heterocycles. The van der Waals surface area contributed by atoms with E-state index in [1.165, 1.54) is 0 Å². The van der Waals surface area contributed by atoms with Gasteiger partial charge >= 0.3 is 0 Å². The Morgan fingerprint density at radius 2 is 2.00 bits per heavy atom. The number of rotatable bonds is 0. The van der Waals surface area contributed by atoms with Crippen LogP contribution in [0.15, 0.2) is 12.2 Å². The first-order valence-corrected chi connectivity index (χ1v) is 3.63. The van der Waals surface area contributed by atoms with Gasteiger partial charge < -0.3 is 4.74 Å². The van der Waals surface area contributed by atoms with Crippen LogP contribution in [-0.2, 0) is 4.74 Å². The van der Waals surface area contributed by atoms with Crippen LogP contribution in [-0.4, -0.2) is 12.2 Å². The van der Waals surface area contributed by atoms with Crippen molar-refractivity contribution < 1.29 is 4.74 Å². The van der Waals surface area contributed by atoms with E-state index in [-0.39, 0.29) is 0 Å². The maximum atomic E-state index is 5.37. The molecule has 50 valence electrons. The van der Waals surface area contributed by atoms with E-state index >= 15 is 0 Å². The third-order valence-corrected chi connectivity index (χ3v) is 2.51. The molecule has 0 spiro atoms. The van der Waals surface area contributed by atoms with E-state index in [9.17, 15) is 0 Å². The standard InChI is InChI=1S/C8H12O/c1-5-3-4-7-8(9-7)6(5)2/h3-8H,1-2H3/t5-,6-,7-,8+/m0/s1. The maximum absolute atomic E-state index is 5.37. The Hall–Kier alpha value is -0.300. The fourth-order valence-electron chi connectivity index (χ4n) is 1.47. The second kappa shape index (κ2) is 1.60. The zero-order valence-electron chi connectivity index (χ0n) is 5.87. The quantitative estimate of drug-likeness (QED) is 0.353. The molecule has 0 aromatic rings. The molecule has 0 N–H and O–H groups in total. The van der Waals surface area contributed by atoms with Crippen molar-refractivity contribution >= 4 is 0 Å². The number of fused-ring (bicyclic) bond motifs is 1. The fraction of sp³-hybridized carbons (Fsp3) is 0.750. The summed E-state index contributed by atoms with van der Waals surface area (Å²) in [6.07, 6.45) is 5.50. The molecule has 1 aliphatic heterocycles. The third-order valence-electron chi connectivity index (χ3n) is 2.51. The summed E-state index contributed by atoms with van der Waals surface area (Å²) in [6.45, 7) is 4.51. The summed E-state index contributed by atoms with van der Waals surface area (Å²) in [6, 6.07) is 0. The largest absolute Gasteiger partial charge is 0.365 e. The first-order chi connectivity index (χ1) is 4.29. The Labute approximate surface area is 55.7 Å². The van der Waals surface area contributed by atoms with Gasteiger partial charge in [-0.25, -0.2) is 0 Å². The van der Waals surface area contributed by atoms with E-state index in [0.717, 1.165) is 5.92 Å². The number of ether oxygens (including phenoxy) is 1. The lowest BCUT2D eigenvalue weighted by atomic mass is 9.87. The van der Waals surface area contributed by atoms with Gasteiger partial charge in [0.2, 0.25) is 0 Å². The molecule has 2 aliphatic rings. The number of allylic oxidation sites excluding steroid dienone is 1. The summed E-state index contributed by atoms with van der Waals surface area (Å²) in [5.41, 5.74) is 0. The number of epoxide rings is 1. The predicted octanol–water partition coefficient (Wildman–Crippen LogP) is 1.60. The van der Waals surface area contributed by atoms with Gasteiger partial charge in [0.1, 0.15) is 6.10 Å². The minimum atomic E-state index is 0.483. The van der Waals surface area contributed by atoms with E-state index < -0.39 is 0 Å². The second-order valence-electron chi connectivity index (χ2n) is 3.17. The topological polar surface area (TPSA) is 12.5 Å². The van der Waals surface area contributed by atoms with E-state index in [2.05, 4.69) is 26.0 Å². The van der Waals surface area contributed by atoms with Crippen LogP contribution in [0, 0.1) is 11.8 Å². The van der Waals surface area contributed by atoms with Crippen molar-refractivity contribution in [3.63, 3.8) is 0 Å².